The molecule has 2 aromatic carbocycles. The number of halogens is 1. The smallest absolute Gasteiger partial charge is 0.127 e. The fraction of sp³-hybridized carbons (Fsp3) is 0.455. The Morgan fingerprint density at radius 2 is 1.81 bits per heavy atom. The van der Waals surface area contributed by atoms with E-state index < -0.39 is 0 Å². The van der Waals surface area contributed by atoms with Crippen LogP contribution in [0.2, 0.25) is 0 Å². The minimum atomic E-state index is -0.288. The average Bonchev–Trinajstić information content (AvgIpc) is 2.62. The number of phenolic OH excluding ortho intramolecular Hbond substituents is 1. The quantitative estimate of drug-likeness (QED) is 0.598. The Balaban J connectivity index is 2.03. The molecule has 0 atom stereocenters. The number of aromatic hydroxyl groups is 1. The molecule has 0 bridgehead atoms. The first-order valence-electron chi connectivity index (χ1n) is 9.31. The van der Waals surface area contributed by atoms with Gasteiger partial charge in [-0.05, 0) is 67.0 Å². The van der Waals surface area contributed by atoms with E-state index in [0.717, 1.165) is 42.4 Å². The van der Waals surface area contributed by atoms with Crippen molar-refractivity contribution in [1.82, 2.24) is 0 Å². The minimum absolute atomic E-state index is 0.162. The van der Waals surface area contributed by atoms with E-state index in [1.165, 1.54) is 12.1 Å². The lowest BCUT2D eigenvalue weighted by atomic mass is 9.87. The Hall–Kier alpha value is -2.07. The monoisotopic (exact) mass is 359 g/mol. The van der Waals surface area contributed by atoms with Crippen LogP contribution in [0.3, 0.4) is 0 Å². The zero-order valence-electron chi connectivity index (χ0n) is 16.0. The van der Waals surface area contributed by atoms with Crippen molar-refractivity contribution in [3.05, 3.63) is 47.8 Å². The van der Waals surface area contributed by atoms with Gasteiger partial charge in [0.25, 0.3) is 0 Å². The molecular weight excluding hydrogens is 329 g/mol. The molecule has 3 N–H and O–H groups in total. The molecule has 0 saturated heterocycles. The number of hydrogen-bond acceptors (Lipinski definition) is 3. The molecule has 0 aliphatic heterocycles. The lowest BCUT2D eigenvalue weighted by Crippen LogP contribution is -2.23. The van der Waals surface area contributed by atoms with Crippen LogP contribution < -0.4 is 10.5 Å². The molecule has 3 nitrogen and oxygen atoms in total. The predicted molar refractivity (Wildman–Crippen MR) is 105 cm³/mol. The number of benzene rings is 2. The molecule has 4 heteroatoms. The maximum atomic E-state index is 13.2. The summed E-state index contributed by atoms with van der Waals surface area (Å²) in [5.41, 5.74) is 8.45. The van der Waals surface area contributed by atoms with Gasteiger partial charge in [-0.3, -0.25) is 0 Å². The standard InChI is InChI=1S/C22H30FNO2/c1-4-16-13-19(26-12-6-5-11-22(2,3)15-24)14-20(25)21(16)17-7-9-18(23)10-8-17/h7-10,13-14,25H,4-6,11-12,15,24H2,1-3H3. The molecule has 0 spiro atoms. The van der Waals surface area contributed by atoms with Crippen molar-refractivity contribution < 1.29 is 14.2 Å². The third kappa shape index (κ3) is 5.46. The summed E-state index contributed by atoms with van der Waals surface area (Å²) in [7, 11) is 0. The van der Waals surface area contributed by atoms with Gasteiger partial charge in [-0.25, -0.2) is 4.39 Å². The van der Waals surface area contributed by atoms with E-state index in [1.54, 1.807) is 18.2 Å². The lowest BCUT2D eigenvalue weighted by molar-refractivity contribution is 0.278. The zero-order chi connectivity index (χ0) is 19.2. The molecule has 0 aromatic heterocycles. The number of unbranched alkanes of at least 4 members (excludes halogenated alkanes) is 1. The minimum Gasteiger partial charge on any atom is -0.507 e. The van der Waals surface area contributed by atoms with Crippen molar-refractivity contribution in [2.24, 2.45) is 11.1 Å². The van der Waals surface area contributed by atoms with E-state index in [-0.39, 0.29) is 17.0 Å². The van der Waals surface area contributed by atoms with E-state index in [1.807, 2.05) is 13.0 Å². The zero-order valence-corrected chi connectivity index (χ0v) is 16.0. The van der Waals surface area contributed by atoms with Crippen molar-refractivity contribution in [3.8, 4) is 22.6 Å². The Morgan fingerprint density at radius 3 is 2.42 bits per heavy atom. The molecule has 0 aliphatic carbocycles. The Bertz CT molecular complexity index is 711. The van der Waals surface area contributed by atoms with Crippen molar-refractivity contribution in [1.29, 1.82) is 0 Å². The summed E-state index contributed by atoms with van der Waals surface area (Å²) in [6.07, 6.45) is 3.83. The van der Waals surface area contributed by atoms with Crippen molar-refractivity contribution in [2.45, 2.75) is 46.5 Å². The van der Waals surface area contributed by atoms with Gasteiger partial charge >= 0.3 is 0 Å². The van der Waals surface area contributed by atoms with Crippen molar-refractivity contribution >= 4 is 0 Å². The highest BCUT2D eigenvalue weighted by molar-refractivity contribution is 5.75. The van der Waals surface area contributed by atoms with Crippen LogP contribution in [0, 0.1) is 11.2 Å². The van der Waals surface area contributed by atoms with E-state index in [9.17, 15) is 9.50 Å². The van der Waals surface area contributed by atoms with Gasteiger partial charge in [0.1, 0.15) is 17.3 Å². The van der Waals surface area contributed by atoms with Crippen LogP contribution in [-0.4, -0.2) is 18.3 Å². The van der Waals surface area contributed by atoms with Crippen LogP contribution >= 0.6 is 0 Å². The number of hydrogen-bond donors (Lipinski definition) is 2. The van der Waals surface area contributed by atoms with Crippen LogP contribution in [0.15, 0.2) is 36.4 Å². The molecule has 0 amide bonds. The van der Waals surface area contributed by atoms with E-state index in [4.69, 9.17) is 10.5 Å². The summed E-state index contributed by atoms with van der Waals surface area (Å²) in [6, 6.07) is 9.78. The average molecular weight is 359 g/mol. The number of nitrogens with two attached hydrogens (primary N) is 1. The molecule has 0 aliphatic rings. The predicted octanol–water partition coefficient (Wildman–Crippen LogP) is 5.29. The van der Waals surface area contributed by atoms with Crippen LogP contribution in [0.5, 0.6) is 11.5 Å². The molecule has 2 aromatic rings. The van der Waals surface area contributed by atoms with Crippen LogP contribution in [-0.2, 0) is 6.42 Å². The first-order chi connectivity index (χ1) is 12.4. The van der Waals surface area contributed by atoms with Gasteiger partial charge in [-0.2, -0.15) is 0 Å². The second-order valence-corrected chi connectivity index (χ2v) is 7.51. The van der Waals surface area contributed by atoms with Gasteiger partial charge in [0.2, 0.25) is 0 Å². The summed E-state index contributed by atoms with van der Waals surface area (Å²) >= 11 is 0. The fourth-order valence-electron chi connectivity index (χ4n) is 2.97. The van der Waals surface area contributed by atoms with Crippen LogP contribution in [0.4, 0.5) is 4.39 Å². The molecule has 0 radical (unpaired) electrons. The highest BCUT2D eigenvalue weighted by atomic mass is 19.1. The SMILES string of the molecule is CCc1cc(OCCCCC(C)(C)CN)cc(O)c1-c1ccc(F)cc1. The third-order valence-electron chi connectivity index (χ3n) is 4.76. The Morgan fingerprint density at radius 1 is 1.12 bits per heavy atom. The Kier molecular flexibility index (Phi) is 7.04. The van der Waals surface area contributed by atoms with Crippen LogP contribution in [0.25, 0.3) is 11.1 Å². The molecule has 0 unspecified atom stereocenters. The van der Waals surface area contributed by atoms with Gasteiger partial charge < -0.3 is 15.6 Å². The molecule has 142 valence electrons. The maximum Gasteiger partial charge on any atom is 0.127 e. The summed E-state index contributed by atoms with van der Waals surface area (Å²) in [5, 5.41) is 10.5. The van der Waals surface area contributed by atoms with Crippen molar-refractivity contribution in [3.63, 3.8) is 0 Å². The van der Waals surface area contributed by atoms with Gasteiger partial charge in [-0.1, -0.05) is 32.9 Å². The molecular formula is C22H30FNO2. The molecule has 0 heterocycles. The van der Waals surface area contributed by atoms with Gasteiger partial charge in [0.15, 0.2) is 0 Å². The maximum absolute atomic E-state index is 13.2. The van der Waals surface area contributed by atoms with Gasteiger partial charge in [0.05, 0.1) is 6.61 Å². The topological polar surface area (TPSA) is 55.5 Å². The first-order valence-corrected chi connectivity index (χ1v) is 9.31. The summed E-state index contributed by atoms with van der Waals surface area (Å²) in [6.45, 7) is 7.67. The van der Waals surface area contributed by atoms with Crippen molar-refractivity contribution in [2.75, 3.05) is 13.2 Å². The van der Waals surface area contributed by atoms with E-state index >= 15 is 0 Å². The summed E-state index contributed by atoms with van der Waals surface area (Å²) in [5.74, 6) is 0.544. The highest BCUT2D eigenvalue weighted by Gasteiger charge is 2.15. The lowest BCUT2D eigenvalue weighted by Gasteiger charge is -2.21. The van der Waals surface area contributed by atoms with E-state index in [2.05, 4.69) is 13.8 Å². The Labute approximate surface area is 156 Å². The third-order valence-corrected chi connectivity index (χ3v) is 4.76. The van der Waals surface area contributed by atoms with E-state index in [0.29, 0.717) is 18.9 Å². The number of aryl methyl sites for hydroxylation is 1. The first kappa shape index (κ1) is 20.2. The molecule has 2 rings (SSSR count). The molecule has 0 fully saturated rings. The molecule has 0 saturated carbocycles. The number of phenols is 1. The number of ether oxygens (including phenoxy) is 1. The second kappa shape index (κ2) is 9.04. The summed E-state index contributed by atoms with van der Waals surface area (Å²) < 4.78 is 19.0. The van der Waals surface area contributed by atoms with Crippen LogP contribution in [0.1, 0.15) is 45.6 Å². The second-order valence-electron chi connectivity index (χ2n) is 7.51. The fourth-order valence-corrected chi connectivity index (χ4v) is 2.97. The summed E-state index contributed by atoms with van der Waals surface area (Å²) in [4.78, 5) is 0. The highest BCUT2D eigenvalue weighted by Crippen LogP contribution is 2.37. The van der Waals surface area contributed by atoms with Gasteiger partial charge in [0, 0.05) is 11.6 Å². The normalized spacial score (nSPS) is 11.6. The molecule has 26 heavy (non-hydrogen) atoms. The largest absolute Gasteiger partial charge is 0.507 e. The van der Waals surface area contributed by atoms with Gasteiger partial charge in [-0.15, -0.1) is 0 Å². The number of rotatable bonds is 9.